The van der Waals surface area contributed by atoms with Crippen LogP contribution in [0.4, 0.5) is 0 Å². The molecule has 0 bridgehead atoms. The normalized spacial score (nSPS) is 7.86. The maximum atomic E-state index is 3.56. The second kappa shape index (κ2) is 5.66. The van der Waals surface area contributed by atoms with Crippen LogP contribution in [0.3, 0.4) is 0 Å². The van der Waals surface area contributed by atoms with Crippen molar-refractivity contribution in [3.05, 3.63) is 12.7 Å². The van der Waals surface area contributed by atoms with Gasteiger partial charge in [-0.15, -0.1) is 6.58 Å². The van der Waals surface area contributed by atoms with E-state index < -0.39 is 0 Å². The van der Waals surface area contributed by atoms with Crippen molar-refractivity contribution >= 4 is 0 Å². The van der Waals surface area contributed by atoms with Crippen molar-refractivity contribution in [3.8, 4) is 0 Å². The number of likely N-dealkylation sites (N-methyl/N-ethyl adjacent to an activating group) is 1. The van der Waals surface area contributed by atoms with Crippen molar-refractivity contribution < 1.29 is 0 Å². The summed E-state index contributed by atoms with van der Waals surface area (Å²) >= 11 is 0. The Morgan fingerprint density at radius 1 is 1.57 bits per heavy atom. The molecular formula is C5H14N2. The fourth-order valence-electron chi connectivity index (χ4n) is 0.258. The van der Waals surface area contributed by atoms with E-state index in [2.05, 4.69) is 11.5 Å². The summed E-state index contributed by atoms with van der Waals surface area (Å²) in [6.45, 7) is 4.53. The molecule has 0 atom stereocenters. The van der Waals surface area contributed by atoms with Crippen molar-refractivity contribution in [3.63, 3.8) is 0 Å². The minimum Gasteiger partial charge on any atom is -0.344 e. The number of rotatable bonds is 2. The highest BCUT2D eigenvalue weighted by molar-refractivity contribution is 4.68. The van der Waals surface area contributed by atoms with Gasteiger partial charge in [0, 0.05) is 6.54 Å². The van der Waals surface area contributed by atoms with E-state index in [-0.39, 0.29) is 6.15 Å². The Bertz CT molecular complexity index is 41.3. The predicted molar refractivity (Wildman–Crippen MR) is 33.8 cm³/mol. The van der Waals surface area contributed by atoms with Crippen molar-refractivity contribution in [2.24, 2.45) is 0 Å². The topological polar surface area (TPSA) is 38.2 Å². The summed E-state index contributed by atoms with van der Waals surface area (Å²) in [5.74, 6) is 0. The van der Waals surface area contributed by atoms with Crippen molar-refractivity contribution in [2.75, 3.05) is 20.6 Å². The molecule has 0 aromatic carbocycles. The lowest BCUT2D eigenvalue weighted by Gasteiger charge is -2.01. The fourth-order valence-corrected chi connectivity index (χ4v) is 0.258. The molecule has 0 aliphatic heterocycles. The lowest BCUT2D eigenvalue weighted by Crippen LogP contribution is -2.09. The van der Waals surface area contributed by atoms with E-state index in [0.29, 0.717) is 0 Å². The van der Waals surface area contributed by atoms with Gasteiger partial charge >= 0.3 is 0 Å². The molecule has 0 aliphatic carbocycles. The third-order valence-corrected chi connectivity index (χ3v) is 0.494. The molecule has 0 aromatic rings. The van der Waals surface area contributed by atoms with Crippen LogP contribution in [0.2, 0.25) is 0 Å². The van der Waals surface area contributed by atoms with Crippen LogP contribution in [-0.4, -0.2) is 25.5 Å². The van der Waals surface area contributed by atoms with E-state index >= 15 is 0 Å². The van der Waals surface area contributed by atoms with Gasteiger partial charge in [-0.2, -0.15) is 0 Å². The van der Waals surface area contributed by atoms with E-state index in [0.717, 1.165) is 6.54 Å². The van der Waals surface area contributed by atoms with Crippen LogP contribution in [0.5, 0.6) is 0 Å². The average Bonchev–Trinajstić information content (AvgIpc) is 1.35. The highest BCUT2D eigenvalue weighted by Crippen LogP contribution is 1.69. The number of nitrogens with zero attached hydrogens (tertiary/aromatic N) is 1. The third kappa shape index (κ3) is 10.7. The summed E-state index contributed by atoms with van der Waals surface area (Å²) in [4.78, 5) is 2.06. The summed E-state index contributed by atoms with van der Waals surface area (Å²) in [5, 5.41) is 0. The van der Waals surface area contributed by atoms with Crippen molar-refractivity contribution in [1.29, 1.82) is 0 Å². The maximum Gasteiger partial charge on any atom is 0.0154 e. The summed E-state index contributed by atoms with van der Waals surface area (Å²) < 4.78 is 0. The van der Waals surface area contributed by atoms with Gasteiger partial charge in [0.15, 0.2) is 0 Å². The summed E-state index contributed by atoms with van der Waals surface area (Å²) in [6, 6.07) is 0. The number of hydrogen-bond acceptors (Lipinski definition) is 2. The second-order valence-electron chi connectivity index (χ2n) is 1.55. The molecular weight excluding hydrogens is 88.1 g/mol. The Hall–Kier alpha value is -0.340. The summed E-state index contributed by atoms with van der Waals surface area (Å²) in [7, 11) is 4.03. The van der Waals surface area contributed by atoms with Gasteiger partial charge in [-0.05, 0) is 14.1 Å². The molecule has 0 aliphatic rings. The molecule has 0 radical (unpaired) electrons. The zero-order valence-corrected chi connectivity index (χ0v) is 5.15. The second-order valence-corrected chi connectivity index (χ2v) is 1.55. The van der Waals surface area contributed by atoms with Gasteiger partial charge < -0.3 is 11.1 Å². The quantitative estimate of drug-likeness (QED) is 0.526. The minimum absolute atomic E-state index is 0. The van der Waals surface area contributed by atoms with Gasteiger partial charge in [0.25, 0.3) is 0 Å². The molecule has 44 valence electrons. The lowest BCUT2D eigenvalue weighted by molar-refractivity contribution is 0.457. The van der Waals surface area contributed by atoms with Crippen LogP contribution in [0.15, 0.2) is 12.7 Å². The van der Waals surface area contributed by atoms with E-state index in [1.54, 1.807) is 0 Å². The molecule has 0 saturated heterocycles. The molecule has 0 saturated carbocycles. The van der Waals surface area contributed by atoms with Gasteiger partial charge in [-0.3, -0.25) is 0 Å². The van der Waals surface area contributed by atoms with Crippen LogP contribution >= 0.6 is 0 Å². The Kier molecular flexibility index (Phi) is 7.94. The molecule has 2 nitrogen and oxygen atoms in total. The van der Waals surface area contributed by atoms with Crippen molar-refractivity contribution in [2.45, 2.75) is 0 Å². The molecule has 0 aromatic heterocycles. The average molecular weight is 102 g/mol. The largest absolute Gasteiger partial charge is 0.344 e. The first-order valence-electron chi connectivity index (χ1n) is 2.03. The molecule has 7 heavy (non-hydrogen) atoms. The molecule has 0 fully saturated rings. The van der Waals surface area contributed by atoms with Crippen LogP contribution in [0.25, 0.3) is 0 Å². The Balaban J connectivity index is 0. The Labute approximate surface area is 45.4 Å². The van der Waals surface area contributed by atoms with Gasteiger partial charge in [0.1, 0.15) is 0 Å². The minimum atomic E-state index is 0. The van der Waals surface area contributed by atoms with E-state index in [1.807, 2.05) is 20.2 Å². The Morgan fingerprint density at radius 2 is 2.00 bits per heavy atom. The molecule has 0 amide bonds. The zero-order chi connectivity index (χ0) is 4.99. The van der Waals surface area contributed by atoms with Crippen LogP contribution < -0.4 is 6.15 Å². The molecule has 0 heterocycles. The lowest BCUT2D eigenvalue weighted by atomic mass is 10.6. The Morgan fingerprint density at radius 3 is 2.00 bits per heavy atom. The van der Waals surface area contributed by atoms with Crippen LogP contribution in [-0.2, 0) is 0 Å². The number of hydrogen-bond donors (Lipinski definition) is 1. The van der Waals surface area contributed by atoms with Crippen molar-refractivity contribution in [1.82, 2.24) is 11.1 Å². The SMILES string of the molecule is C=CCN(C)C.N. The molecule has 2 heteroatoms. The maximum absolute atomic E-state index is 3.56. The van der Waals surface area contributed by atoms with Gasteiger partial charge in [0.2, 0.25) is 0 Å². The highest BCUT2D eigenvalue weighted by Gasteiger charge is 1.75. The zero-order valence-electron chi connectivity index (χ0n) is 5.15. The van der Waals surface area contributed by atoms with E-state index in [1.165, 1.54) is 0 Å². The third-order valence-electron chi connectivity index (χ3n) is 0.494. The van der Waals surface area contributed by atoms with E-state index in [4.69, 9.17) is 0 Å². The predicted octanol–water partition coefficient (Wildman–Crippen LogP) is 0.896. The fraction of sp³-hybridized carbons (Fsp3) is 0.600. The molecule has 0 spiro atoms. The first kappa shape index (κ1) is 9.83. The van der Waals surface area contributed by atoms with Gasteiger partial charge in [-0.25, -0.2) is 0 Å². The van der Waals surface area contributed by atoms with Crippen LogP contribution in [0, 0.1) is 0 Å². The molecule has 3 N–H and O–H groups in total. The van der Waals surface area contributed by atoms with Crippen LogP contribution in [0.1, 0.15) is 0 Å². The summed E-state index contributed by atoms with van der Waals surface area (Å²) in [6.07, 6.45) is 1.88. The van der Waals surface area contributed by atoms with E-state index in [9.17, 15) is 0 Å². The first-order valence-corrected chi connectivity index (χ1v) is 2.03. The molecule has 0 rings (SSSR count). The standard InChI is InChI=1S/C5H11N.H3N/c1-4-5-6(2)3;/h4H,1,5H2,2-3H3;1H3. The highest BCUT2D eigenvalue weighted by atomic mass is 15.0. The van der Waals surface area contributed by atoms with Gasteiger partial charge in [0.05, 0.1) is 0 Å². The summed E-state index contributed by atoms with van der Waals surface area (Å²) in [5.41, 5.74) is 0. The van der Waals surface area contributed by atoms with Gasteiger partial charge in [-0.1, -0.05) is 6.08 Å². The smallest absolute Gasteiger partial charge is 0.0154 e. The first-order chi connectivity index (χ1) is 2.77. The monoisotopic (exact) mass is 102 g/mol. The molecule has 0 unspecified atom stereocenters.